The first-order chi connectivity index (χ1) is 14.5. The van der Waals surface area contributed by atoms with E-state index in [1.54, 1.807) is 0 Å². The number of unbranched alkanes of at least 4 members (excludes halogenated alkanes) is 1. The molecule has 0 bridgehead atoms. The number of hydrogen-bond donors (Lipinski definition) is 0. The first kappa shape index (κ1) is 22.5. The van der Waals surface area contributed by atoms with Crippen LogP contribution in [0.5, 0.6) is 5.75 Å². The van der Waals surface area contributed by atoms with Crippen molar-refractivity contribution in [2.45, 2.75) is 25.3 Å². The molecule has 2 amide bonds. The smallest absolute Gasteiger partial charge is 0.434 e. The predicted molar refractivity (Wildman–Crippen MR) is 97.4 cm³/mol. The second-order valence-corrected chi connectivity index (χ2v) is 7.83. The lowest BCUT2D eigenvalue weighted by atomic mass is 9.95. The van der Waals surface area contributed by atoms with Gasteiger partial charge in [0.15, 0.2) is 0 Å². The minimum atomic E-state index is -6.30. The molecule has 0 N–H and O–H groups in total. The van der Waals surface area contributed by atoms with Gasteiger partial charge in [0.2, 0.25) is 0 Å². The highest BCUT2D eigenvalue weighted by atomic mass is 32.2. The third kappa shape index (κ3) is 4.32. The van der Waals surface area contributed by atoms with Gasteiger partial charge in [-0.1, -0.05) is 25.5 Å². The Morgan fingerprint density at radius 1 is 1.10 bits per heavy atom. The van der Waals surface area contributed by atoms with Crippen LogP contribution in [0.2, 0.25) is 0 Å². The second kappa shape index (κ2) is 8.15. The molecule has 31 heavy (non-hydrogen) atoms. The van der Waals surface area contributed by atoms with Gasteiger partial charge in [0.25, 0.3) is 11.8 Å². The number of nitrogens with zero attached hydrogens (tertiary/aromatic N) is 1. The number of hydroxylamine groups is 2. The summed E-state index contributed by atoms with van der Waals surface area (Å²) in [5.74, 6) is -3.09. The molecule has 166 valence electrons. The van der Waals surface area contributed by atoms with Crippen molar-refractivity contribution in [2.24, 2.45) is 0 Å². The average Bonchev–Trinajstić information content (AvgIpc) is 2.68. The van der Waals surface area contributed by atoms with Crippen LogP contribution in [0.25, 0.3) is 10.8 Å². The van der Waals surface area contributed by atoms with Crippen molar-refractivity contribution in [1.29, 1.82) is 0 Å². The van der Waals surface area contributed by atoms with Gasteiger partial charge in [0.05, 0.1) is 17.7 Å². The third-order valence-electron chi connectivity index (χ3n) is 4.16. The summed E-state index contributed by atoms with van der Waals surface area (Å²) in [7, 11) is -6.30. The molecule has 0 fully saturated rings. The fourth-order valence-corrected chi connectivity index (χ4v) is 3.17. The Morgan fingerprint density at radius 3 is 2.42 bits per heavy atom. The van der Waals surface area contributed by atoms with Gasteiger partial charge in [-0.2, -0.15) is 21.6 Å². The van der Waals surface area contributed by atoms with E-state index >= 15 is 0 Å². The maximum absolute atomic E-state index is 12.7. The maximum Gasteiger partial charge on any atom is 0.525 e. The fourth-order valence-electron chi connectivity index (χ4n) is 2.75. The van der Waals surface area contributed by atoms with E-state index in [0.717, 1.165) is 12.5 Å². The van der Waals surface area contributed by atoms with Gasteiger partial charge in [-0.3, -0.25) is 9.59 Å². The van der Waals surface area contributed by atoms with Crippen LogP contribution < -0.4 is 4.74 Å². The fraction of sp³-hybridized carbons (Fsp3) is 0.278. The van der Waals surface area contributed by atoms with Crippen molar-refractivity contribution >= 4 is 38.9 Å². The summed E-state index contributed by atoms with van der Waals surface area (Å²) in [4.78, 5) is 36.9. The van der Waals surface area contributed by atoms with Crippen molar-refractivity contribution in [3.8, 4) is 5.75 Å². The first-order valence-electron chi connectivity index (χ1n) is 8.77. The number of ether oxygens (including phenoxy) is 2. The average molecular weight is 461 g/mol. The van der Waals surface area contributed by atoms with Crippen molar-refractivity contribution < 1.29 is 49.7 Å². The number of amides is 2. The maximum atomic E-state index is 12.7. The van der Waals surface area contributed by atoms with Gasteiger partial charge in [-0.15, -0.1) is 9.35 Å². The molecule has 2 aromatic rings. The molecular weight excluding hydrogens is 447 g/mol. The summed E-state index contributed by atoms with van der Waals surface area (Å²) in [6, 6.07) is 6.26. The normalized spacial score (nSPS) is 14.1. The Bertz CT molecular complexity index is 1180. The minimum Gasteiger partial charge on any atom is -0.434 e. The Morgan fingerprint density at radius 2 is 1.77 bits per heavy atom. The lowest BCUT2D eigenvalue weighted by Crippen LogP contribution is -2.44. The van der Waals surface area contributed by atoms with E-state index in [-0.39, 0.29) is 28.7 Å². The molecule has 2 aromatic carbocycles. The molecule has 9 nitrogen and oxygen atoms in total. The molecule has 1 aliphatic heterocycles. The van der Waals surface area contributed by atoms with Gasteiger partial charge in [-0.05, 0) is 30.0 Å². The van der Waals surface area contributed by atoms with E-state index < -0.39 is 44.2 Å². The van der Waals surface area contributed by atoms with Gasteiger partial charge in [0.1, 0.15) is 5.75 Å². The van der Waals surface area contributed by atoms with E-state index in [1.165, 1.54) is 24.3 Å². The van der Waals surface area contributed by atoms with Crippen LogP contribution in [0.1, 0.15) is 40.5 Å². The van der Waals surface area contributed by atoms with Crippen LogP contribution in [-0.2, 0) is 19.1 Å². The predicted octanol–water partition coefficient (Wildman–Crippen LogP) is 3.53. The highest BCUT2D eigenvalue weighted by molar-refractivity contribution is 7.87. The number of rotatable bonds is 6. The number of imide groups is 1. The molecule has 13 heteroatoms. The van der Waals surface area contributed by atoms with Gasteiger partial charge in [0, 0.05) is 5.39 Å². The summed E-state index contributed by atoms with van der Waals surface area (Å²) in [6.45, 7) is 1.96. The van der Waals surface area contributed by atoms with E-state index in [4.69, 9.17) is 9.47 Å². The molecule has 0 saturated heterocycles. The van der Waals surface area contributed by atoms with Crippen molar-refractivity contribution in [3.05, 3.63) is 41.5 Å². The molecule has 0 saturated carbocycles. The summed E-state index contributed by atoms with van der Waals surface area (Å²) in [6.07, 6.45) is 0.264. The van der Waals surface area contributed by atoms with Crippen LogP contribution >= 0.6 is 0 Å². The highest BCUT2D eigenvalue weighted by Crippen LogP contribution is 2.35. The molecule has 3 rings (SSSR count). The Kier molecular flexibility index (Phi) is 5.91. The molecule has 0 unspecified atom stereocenters. The van der Waals surface area contributed by atoms with Crippen molar-refractivity contribution in [2.75, 3.05) is 6.61 Å². The van der Waals surface area contributed by atoms with E-state index in [0.29, 0.717) is 6.42 Å². The number of alkyl halides is 3. The van der Waals surface area contributed by atoms with Crippen LogP contribution in [0, 0.1) is 0 Å². The number of benzene rings is 2. The topological polar surface area (TPSA) is 116 Å². The van der Waals surface area contributed by atoms with E-state index in [9.17, 15) is 36.0 Å². The summed E-state index contributed by atoms with van der Waals surface area (Å²) in [5.41, 5.74) is -6.55. The zero-order chi connectivity index (χ0) is 23.0. The lowest BCUT2D eigenvalue weighted by molar-refractivity contribution is -0.0761. The quantitative estimate of drug-likeness (QED) is 0.211. The van der Waals surface area contributed by atoms with Crippen LogP contribution in [0.3, 0.4) is 0 Å². The van der Waals surface area contributed by atoms with Crippen molar-refractivity contribution in [3.63, 3.8) is 0 Å². The number of carbonyl (C=O) groups excluding carboxylic acids is 3. The number of halogens is 3. The first-order valence-corrected chi connectivity index (χ1v) is 10.2. The Balaban J connectivity index is 2.01. The van der Waals surface area contributed by atoms with Crippen LogP contribution in [0.15, 0.2) is 30.3 Å². The Hall–Kier alpha value is -3.19. The van der Waals surface area contributed by atoms with E-state index in [2.05, 4.69) is 4.28 Å². The molecule has 1 heterocycles. The number of carbonyl (C=O) groups is 3. The van der Waals surface area contributed by atoms with Gasteiger partial charge < -0.3 is 9.47 Å². The standard InChI is InChI=1S/C18H14F3NO8S/c1-2-3-7-28-17(25)29-11-8-10-5-4-6-12-14(10)13(9-11)16(24)22(15(12)23)30-31(26,27)18(19,20)21/h4-6,8-9H,2-3,7H2,1H3. The SMILES string of the molecule is CCCCOC(=O)Oc1cc2c3c(cccc3c1)C(=O)N(OS(=O)(=O)C(F)(F)F)C2=O. The third-order valence-corrected chi connectivity index (χ3v) is 5.07. The Labute approximate surface area is 173 Å². The van der Waals surface area contributed by atoms with Gasteiger partial charge >= 0.3 is 21.8 Å². The van der Waals surface area contributed by atoms with Crippen molar-refractivity contribution in [1.82, 2.24) is 5.06 Å². The second-order valence-electron chi connectivity index (χ2n) is 6.31. The molecule has 0 aromatic heterocycles. The summed E-state index contributed by atoms with van der Waals surface area (Å²) < 4.78 is 74.3. The summed E-state index contributed by atoms with van der Waals surface area (Å²) in [5, 5.41) is -0.219. The minimum absolute atomic E-state index is 0.0356. The molecular formula is C18H14F3NO8S. The zero-order valence-corrected chi connectivity index (χ0v) is 16.6. The van der Waals surface area contributed by atoms with Gasteiger partial charge in [-0.25, -0.2) is 4.79 Å². The van der Waals surface area contributed by atoms with E-state index in [1.807, 2.05) is 6.92 Å². The zero-order valence-electron chi connectivity index (χ0n) is 15.8. The largest absolute Gasteiger partial charge is 0.525 e. The molecule has 0 aliphatic carbocycles. The highest BCUT2D eigenvalue weighted by Gasteiger charge is 2.51. The molecule has 0 radical (unpaired) electrons. The van der Waals surface area contributed by atoms with Crippen LogP contribution in [-0.4, -0.2) is 43.6 Å². The molecule has 0 atom stereocenters. The monoisotopic (exact) mass is 461 g/mol. The molecule has 0 spiro atoms. The lowest BCUT2D eigenvalue weighted by Gasteiger charge is -2.25. The number of hydrogen-bond acceptors (Lipinski definition) is 8. The van der Waals surface area contributed by atoms with Crippen LogP contribution in [0.4, 0.5) is 18.0 Å². The summed E-state index contributed by atoms with van der Waals surface area (Å²) >= 11 is 0. The molecule has 1 aliphatic rings.